The lowest BCUT2D eigenvalue weighted by Crippen LogP contribution is -2.32. The van der Waals surface area contributed by atoms with Crippen LogP contribution < -0.4 is 0 Å². The second-order valence-corrected chi connectivity index (χ2v) is 6.92. The fourth-order valence-electron chi connectivity index (χ4n) is 3.36. The lowest BCUT2D eigenvalue weighted by atomic mass is 9.76. The number of fused-ring (bicyclic) bond motifs is 1. The highest BCUT2D eigenvalue weighted by Crippen LogP contribution is 2.41. The van der Waals surface area contributed by atoms with Crippen molar-refractivity contribution in [1.29, 1.82) is 0 Å². The molecule has 0 amide bonds. The van der Waals surface area contributed by atoms with Crippen LogP contribution in [0.15, 0.2) is 89.3 Å². The SMILES string of the molecule is CSCC(c1ccccc1)(c1ccccc1)c1nc2ccccc2o1. The average Bonchev–Trinajstić information content (AvgIpc) is 3.12. The van der Waals surface area contributed by atoms with Crippen LogP contribution in [-0.2, 0) is 5.41 Å². The minimum Gasteiger partial charge on any atom is -0.439 e. The highest BCUT2D eigenvalue weighted by Gasteiger charge is 2.40. The number of hydrogen-bond donors (Lipinski definition) is 0. The third-order valence-electron chi connectivity index (χ3n) is 4.55. The summed E-state index contributed by atoms with van der Waals surface area (Å²) in [5.41, 5.74) is 3.70. The molecule has 124 valence electrons. The molecule has 3 heteroatoms. The van der Waals surface area contributed by atoms with Crippen LogP contribution in [0, 0.1) is 0 Å². The van der Waals surface area contributed by atoms with E-state index in [9.17, 15) is 0 Å². The highest BCUT2D eigenvalue weighted by molar-refractivity contribution is 7.98. The quantitative estimate of drug-likeness (QED) is 0.476. The van der Waals surface area contributed by atoms with E-state index in [4.69, 9.17) is 9.40 Å². The monoisotopic (exact) mass is 345 g/mol. The van der Waals surface area contributed by atoms with Crippen molar-refractivity contribution in [3.8, 4) is 0 Å². The van der Waals surface area contributed by atoms with Gasteiger partial charge in [-0.25, -0.2) is 4.98 Å². The van der Waals surface area contributed by atoms with Gasteiger partial charge in [-0.05, 0) is 29.5 Å². The fraction of sp³-hybridized carbons (Fsp3) is 0.136. The van der Waals surface area contributed by atoms with Crippen molar-refractivity contribution in [2.24, 2.45) is 0 Å². The van der Waals surface area contributed by atoms with Crippen LogP contribution >= 0.6 is 11.8 Å². The molecule has 4 rings (SSSR count). The maximum absolute atomic E-state index is 6.27. The Bertz CT molecular complexity index is 890. The normalized spacial score (nSPS) is 11.7. The molecule has 0 aliphatic heterocycles. The first kappa shape index (κ1) is 16.0. The lowest BCUT2D eigenvalue weighted by molar-refractivity contribution is 0.458. The van der Waals surface area contributed by atoms with Gasteiger partial charge in [-0.1, -0.05) is 72.8 Å². The van der Waals surface area contributed by atoms with Crippen molar-refractivity contribution >= 4 is 22.9 Å². The first-order valence-electron chi connectivity index (χ1n) is 8.30. The van der Waals surface area contributed by atoms with Gasteiger partial charge in [-0.15, -0.1) is 0 Å². The van der Waals surface area contributed by atoms with Crippen molar-refractivity contribution in [1.82, 2.24) is 4.98 Å². The van der Waals surface area contributed by atoms with Crippen molar-refractivity contribution in [3.63, 3.8) is 0 Å². The Kier molecular flexibility index (Phi) is 4.33. The van der Waals surface area contributed by atoms with Crippen molar-refractivity contribution in [2.75, 3.05) is 12.0 Å². The molecule has 1 aromatic heterocycles. The summed E-state index contributed by atoms with van der Waals surface area (Å²) in [6, 6.07) is 29.0. The van der Waals surface area contributed by atoms with E-state index in [-0.39, 0.29) is 0 Å². The molecule has 0 aliphatic carbocycles. The minimum atomic E-state index is -0.416. The van der Waals surface area contributed by atoms with E-state index in [2.05, 4.69) is 54.8 Å². The van der Waals surface area contributed by atoms with Gasteiger partial charge in [0.1, 0.15) is 10.9 Å². The molecule has 0 radical (unpaired) electrons. The summed E-state index contributed by atoms with van der Waals surface area (Å²) < 4.78 is 6.27. The van der Waals surface area contributed by atoms with Crippen molar-refractivity contribution < 1.29 is 4.42 Å². The number of oxazole rings is 1. The summed E-state index contributed by atoms with van der Waals surface area (Å²) in [6.07, 6.45) is 2.13. The average molecular weight is 345 g/mol. The molecule has 0 spiro atoms. The molecule has 0 unspecified atom stereocenters. The second-order valence-electron chi connectivity index (χ2n) is 6.06. The summed E-state index contributed by atoms with van der Waals surface area (Å²) in [4.78, 5) is 4.88. The zero-order valence-electron chi connectivity index (χ0n) is 14.1. The number of para-hydroxylation sites is 2. The zero-order valence-corrected chi connectivity index (χ0v) is 14.9. The fourth-order valence-corrected chi connectivity index (χ4v) is 4.25. The van der Waals surface area contributed by atoms with Gasteiger partial charge in [0.15, 0.2) is 5.58 Å². The summed E-state index contributed by atoms with van der Waals surface area (Å²) in [5.74, 6) is 1.61. The van der Waals surface area contributed by atoms with E-state index in [1.165, 1.54) is 11.1 Å². The van der Waals surface area contributed by atoms with Crippen LogP contribution in [0.2, 0.25) is 0 Å². The molecule has 0 saturated carbocycles. The molecule has 1 heterocycles. The Morgan fingerprint density at radius 2 is 1.36 bits per heavy atom. The van der Waals surface area contributed by atoms with E-state index < -0.39 is 5.41 Å². The predicted octanol–water partition coefficient (Wildman–Crippen LogP) is 5.53. The Balaban J connectivity index is 2.03. The molecule has 4 aromatic rings. The number of aromatic nitrogens is 1. The molecular formula is C22H19NOS. The molecule has 0 saturated heterocycles. The molecule has 3 aromatic carbocycles. The number of hydrogen-bond acceptors (Lipinski definition) is 3. The Morgan fingerprint density at radius 3 is 1.92 bits per heavy atom. The van der Waals surface area contributed by atoms with Gasteiger partial charge in [-0.2, -0.15) is 11.8 Å². The van der Waals surface area contributed by atoms with Gasteiger partial charge in [0.25, 0.3) is 0 Å². The predicted molar refractivity (Wildman–Crippen MR) is 105 cm³/mol. The van der Waals surface area contributed by atoms with E-state index in [1.54, 1.807) is 11.8 Å². The Morgan fingerprint density at radius 1 is 0.800 bits per heavy atom. The first-order valence-corrected chi connectivity index (χ1v) is 9.70. The van der Waals surface area contributed by atoms with Crippen molar-refractivity contribution in [2.45, 2.75) is 5.41 Å². The largest absolute Gasteiger partial charge is 0.439 e. The second kappa shape index (κ2) is 6.77. The Hall–Kier alpha value is -2.52. The van der Waals surface area contributed by atoms with Crippen LogP contribution in [0.1, 0.15) is 17.0 Å². The van der Waals surface area contributed by atoms with Gasteiger partial charge >= 0.3 is 0 Å². The van der Waals surface area contributed by atoms with E-state index in [1.807, 2.05) is 36.4 Å². The number of benzene rings is 3. The summed E-state index contributed by atoms with van der Waals surface area (Å²) in [6.45, 7) is 0. The topological polar surface area (TPSA) is 26.0 Å². The van der Waals surface area contributed by atoms with Gasteiger partial charge in [-0.3, -0.25) is 0 Å². The Labute approximate surface area is 151 Å². The zero-order chi connectivity index (χ0) is 17.1. The molecular weight excluding hydrogens is 326 g/mol. The van der Waals surface area contributed by atoms with Crippen LogP contribution in [0.4, 0.5) is 0 Å². The summed E-state index contributed by atoms with van der Waals surface area (Å²) in [5, 5.41) is 0. The van der Waals surface area contributed by atoms with Gasteiger partial charge < -0.3 is 4.42 Å². The van der Waals surface area contributed by atoms with Gasteiger partial charge in [0, 0.05) is 5.75 Å². The molecule has 0 fully saturated rings. The number of rotatable bonds is 5. The number of thioether (sulfide) groups is 1. The van der Waals surface area contributed by atoms with Crippen LogP contribution in [0.3, 0.4) is 0 Å². The summed E-state index contributed by atoms with van der Waals surface area (Å²) >= 11 is 1.80. The standard InChI is InChI=1S/C22H19NOS/c1-25-16-22(17-10-4-2-5-11-17,18-12-6-3-7-13-18)21-23-19-14-8-9-15-20(19)24-21/h2-15H,16H2,1H3. The number of nitrogens with zero attached hydrogens (tertiary/aromatic N) is 1. The van der Waals surface area contributed by atoms with Gasteiger partial charge in [0.05, 0.1) is 0 Å². The molecule has 0 atom stereocenters. The maximum Gasteiger partial charge on any atom is 0.211 e. The molecule has 2 nitrogen and oxygen atoms in total. The maximum atomic E-state index is 6.27. The summed E-state index contributed by atoms with van der Waals surface area (Å²) in [7, 11) is 0. The van der Waals surface area contributed by atoms with Crippen LogP contribution in [-0.4, -0.2) is 17.0 Å². The smallest absolute Gasteiger partial charge is 0.211 e. The molecule has 0 bridgehead atoms. The van der Waals surface area contributed by atoms with Crippen LogP contribution in [0.5, 0.6) is 0 Å². The van der Waals surface area contributed by atoms with Gasteiger partial charge in [0.2, 0.25) is 5.89 Å². The molecule has 0 N–H and O–H groups in total. The third-order valence-corrected chi connectivity index (χ3v) is 5.27. The lowest BCUT2D eigenvalue weighted by Gasteiger charge is -2.31. The highest BCUT2D eigenvalue weighted by atomic mass is 32.2. The van der Waals surface area contributed by atoms with E-state index >= 15 is 0 Å². The van der Waals surface area contributed by atoms with E-state index in [0.29, 0.717) is 0 Å². The van der Waals surface area contributed by atoms with E-state index in [0.717, 1.165) is 22.7 Å². The first-order chi connectivity index (χ1) is 12.3. The molecule has 0 aliphatic rings. The minimum absolute atomic E-state index is 0.416. The van der Waals surface area contributed by atoms with Crippen molar-refractivity contribution in [3.05, 3.63) is 102 Å². The third kappa shape index (κ3) is 2.75. The van der Waals surface area contributed by atoms with Crippen LogP contribution in [0.25, 0.3) is 11.1 Å². The molecule has 25 heavy (non-hydrogen) atoms.